The van der Waals surface area contributed by atoms with Crippen molar-refractivity contribution in [1.82, 2.24) is 19.8 Å². The fraction of sp³-hybridized carbons (Fsp3) is 0.350. The number of nitrogens with zero attached hydrogens (tertiary/aromatic N) is 4. The summed E-state index contributed by atoms with van der Waals surface area (Å²) in [5.41, 5.74) is 1.40. The van der Waals surface area contributed by atoms with Crippen molar-refractivity contribution in [2.24, 2.45) is 7.05 Å². The zero-order valence-corrected chi connectivity index (χ0v) is 17.3. The summed E-state index contributed by atoms with van der Waals surface area (Å²) >= 11 is 6.19. The van der Waals surface area contributed by atoms with Gasteiger partial charge in [-0.25, -0.2) is 10.0 Å². The maximum absolute atomic E-state index is 12.7. The van der Waals surface area contributed by atoms with Crippen LogP contribution in [0.1, 0.15) is 17.7 Å². The molecule has 0 aliphatic carbocycles. The van der Waals surface area contributed by atoms with Crippen LogP contribution in [0.4, 0.5) is 0 Å². The van der Waals surface area contributed by atoms with Crippen LogP contribution in [0.2, 0.25) is 5.15 Å². The van der Waals surface area contributed by atoms with Gasteiger partial charge >= 0.3 is 0 Å². The van der Waals surface area contributed by atoms with E-state index < -0.39 is 0 Å². The molecular weight excluding hydrogens is 396 g/mol. The highest BCUT2D eigenvalue weighted by atomic mass is 35.5. The lowest BCUT2D eigenvalue weighted by molar-refractivity contribution is -0.156. The van der Waals surface area contributed by atoms with E-state index in [-0.39, 0.29) is 18.4 Å². The molecule has 0 atom stereocenters. The molecule has 1 aromatic carbocycles. The van der Waals surface area contributed by atoms with Crippen LogP contribution in [0, 0.1) is 6.92 Å². The van der Waals surface area contributed by atoms with E-state index >= 15 is 0 Å². The molecule has 1 aliphatic heterocycles. The second kappa shape index (κ2) is 9.00. The molecule has 1 saturated heterocycles. The van der Waals surface area contributed by atoms with Crippen LogP contribution in [0.25, 0.3) is 6.08 Å². The summed E-state index contributed by atoms with van der Waals surface area (Å²) in [6.45, 7) is 2.54. The van der Waals surface area contributed by atoms with Crippen LogP contribution >= 0.6 is 11.6 Å². The van der Waals surface area contributed by atoms with Crippen LogP contribution in [0.3, 0.4) is 0 Å². The molecule has 1 aliphatic rings. The third-order valence-corrected chi connectivity index (χ3v) is 5.03. The van der Waals surface area contributed by atoms with E-state index in [4.69, 9.17) is 21.1 Å². The van der Waals surface area contributed by atoms with Crippen molar-refractivity contribution in [3.8, 4) is 11.5 Å². The lowest BCUT2D eigenvalue weighted by Crippen LogP contribution is -2.46. The van der Waals surface area contributed by atoms with E-state index in [0.29, 0.717) is 41.7 Å². The number of carbonyl (C=O) groups excluding carboxylic acids is 2. The maximum atomic E-state index is 12.7. The molecule has 2 amide bonds. The van der Waals surface area contributed by atoms with Crippen molar-refractivity contribution in [1.29, 1.82) is 0 Å². The summed E-state index contributed by atoms with van der Waals surface area (Å²) < 4.78 is 12.4. The molecule has 0 unspecified atom stereocenters. The molecule has 1 fully saturated rings. The van der Waals surface area contributed by atoms with Crippen molar-refractivity contribution in [2.75, 3.05) is 26.8 Å². The molecule has 2 heterocycles. The molecule has 154 valence electrons. The Morgan fingerprint density at radius 3 is 2.55 bits per heavy atom. The van der Waals surface area contributed by atoms with Crippen molar-refractivity contribution >= 4 is 29.5 Å². The van der Waals surface area contributed by atoms with Gasteiger partial charge in [0, 0.05) is 31.8 Å². The number of hydrogen-bond donors (Lipinski definition) is 0. The number of benzene rings is 1. The number of hydrazine groups is 1. The number of rotatable bonds is 6. The van der Waals surface area contributed by atoms with Gasteiger partial charge in [-0.1, -0.05) is 23.7 Å². The van der Waals surface area contributed by atoms with Gasteiger partial charge in [0.1, 0.15) is 5.15 Å². The second-order valence-corrected chi connectivity index (χ2v) is 6.88. The number of carbonyl (C=O) groups is 2. The van der Waals surface area contributed by atoms with Gasteiger partial charge in [0.25, 0.3) is 11.8 Å². The minimum Gasteiger partial charge on any atom is -0.493 e. The minimum atomic E-state index is -0.300. The topological polar surface area (TPSA) is 76.9 Å². The standard InChI is InChI=1S/C20H23ClN4O4/c1-14-15(20(21)23(2)22-14)9-10-18(26)24-11-6-12-25(24)19(27)13-29-17-8-5-4-7-16(17)28-3/h4-5,7-10H,6,11-13H2,1-3H3/b10-9+. The van der Waals surface area contributed by atoms with Crippen molar-refractivity contribution in [2.45, 2.75) is 13.3 Å². The molecule has 0 spiro atoms. The molecule has 0 bridgehead atoms. The van der Waals surface area contributed by atoms with Gasteiger partial charge in [0.15, 0.2) is 18.1 Å². The Morgan fingerprint density at radius 1 is 1.21 bits per heavy atom. The molecule has 0 saturated carbocycles. The molecule has 3 rings (SSSR count). The molecule has 0 N–H and O–H groups in total. The zero-order chi connectivity index (χ0) is 21.0. The number of halogens is 1. The molecular formula is C20H23ClN4O4. The molecule has 29 heavy (non-hydrogen) atoms. The number of ether oxygens (including phenoxy) is 2. The number of aromatic nitrogens is 2. The Morgan fingerprint density at radius 2 is 1.90 bits per heavy atom. The Kier molecular flexibility index (Phi) is 6.43. The van der Waals surface area contributed by atoms with E-state index in [0.717, 1.165) is 5.69 Å². The lowest BCUT2D eigenvalue weighted by Gasteiger charge is -2.27. The van der Waals surface area contributed by atoms with Gasteiger partial charge in [-0.3, -0.25) is 14.3 Å². The number of methoxy groups -OCH3 is 1. The Balaban J connectivity index is 1.65. The molecule has 8 nitrogen and oxygen atoms in total. The predicted molar refractivity (Wildman–Crippen MR) is 109 cm³/mol. The van der Waals surface area contributed by atoms with Crippen LogP contribution in [0.15, 0.2) is 30.3 Å². The first-order valence-electron chi connectivity index (χ1n) is 9.17. The summed E-state index contributed by atoms with van der Waals surface area (Å²) in [6, 6.07) is 7.09. The van der Waals surface area contributed by atoms with Crippen molar-refractivity contribution < 1.29 is 19.1 Å². The quantitative estimate of drug-likeness (QED) is 0.673. The van der Waals surface area contributed by atoms with Crippen LogP contribution in [-0.2, 0) is 16.6 Å². The van der Waals surface area contributed by atoms with Crippen LogP contribution in [-0.4, -0.2) is 58.4 Å². The van der Waals surface area contributed by atoms with Gasteiger partial charge in [0.2, 0.25) is 0 Å². The van der Waals surface area contributed by atoms with Gasteiger partial charge in [-0.2, -0.15) is 5.10 Å². The summed E-state index contributed by atoms with van der Waals surface area (Å²) in [4.78, 5) is 25.3. The lowest BCUT2D eigenvalue weighted by atomic mass is 10.2. The predicted octanol–water partition coefficient (Wildman–Crippen LogP) is 2.46. The third-order valence-electron chi connectivity index (χ3n) is 4.58. The first-order valence-corrected chi connectivity index (χ1v) is 9.55. The smallest absolute Gasteiger partial charge is 0.279 e. The Bertz CT molecular complexity index is 941. The SMILES string of the molecule is COc1ccccc1OCC(=O)N1CCCN1C(=O)/C=C/c1c(C)nn(C)c1Cl. The van der Waals surface area contributed by atoms with E-state index in [1.54, 1.807) is 36.0 Å². The second-order valence-electron chi connectivity index (χ2n) is 6.52. The summed E-state index contributed by atoms with van der Waals surface area (Å²) in [6.07, 6.45) is 3.73. The van der Waals surface area contributed by atoms with E-state index in [9.17, 15) is 9.59 Å². The fourth-order valence-electron chi connectivity index (χ4n) is 3.13. The zero-order valence-electron chi connectivity index (χ0n) is 16.6. The maximum Gasteiger partial charge on any atom is 0.279 e. The Hall–Kier alpha value is -3.00. The van der Waals surface area contributed by atoms with Gasteiger partial charge in [0.05, 0.1) is 12.8 Å². The fourth-order valence-corrected chi connectivity index (χ4v) is 3.37. The summed E-state index contributed by atoms with van der Waals surface area (Å²) in [5.74, 6) is 0.418. The highest BCUT2D eigenvalue weighted by Gasteiger charge is 2.30. The summed E-state index contributed by atoms with van der Waals surface area (Å²) in [7, 11) is 3.27. The highest BCUT2D eigenvalue weighted by Crippen LogP contribution is 2.26. The largest absolute Gasteiger partial charge is 0.493 e. The molecule has 9 heteroatoms. The van der Waals surface area contributed by atoms with Crippen LogP contribution < -0.4 is 9.47 Å². The average molecular weight is 419 g/mol. The molecule has 2 aromatic rings. The number of aryl methyl sites for hydroxylation is 2. The first-order chi connectivity index (χ1) is 13.9. The van der Waals surface area contributed by atoms with Gasteiger partial charge in [-0.05, 0) is 31.6 Å². The normalized spacial score (nSPS) is 13.9. The number of amides is 2. The van der Waals surface area contributed by atoms with Gasteiger partial charge < -0.3 is 9.47 Å². The minimum absolute atomic E-state index is 0.193. The summed E-state index contributed by atoms with van der Waals surface area (Å²) in [5, 5.41) is 7.50. The molecule has 0 radical (unpaired) electrons. The number of para-hydroxylation sites is 2. The highest BCUT2D eigenvalue weighted by molar-refractivity contribution is 6.31. The monoisotopic (exact) mass is 418 g/mol. The first kappa shape index (κ1) is 20.7. The van der Waals surface area contributed by atoms with Crippen molar-refractivity contribution in [3.63, 3.8) is 0 Å². The van der Waals surface area contributed by atoms with E-state index in [1.807, 2.05) is 13.0 Å². The average Bonchev–Trinajstić information content (AvgIpc) is 3.30. The van der Waals surface area contributed by atoms with E-state index in [1.165, 1.54) is 23.2 Å². The molecule has 1 aromatic heterocycles. The van der Waals surface area contributed by atoms with Gasteiger partial charge in [-0.15, -0.1) is 0 Å². The Labute approximate surface area is 174 Å². The van der Waals surface area contributed by atoms with E-state index in [2.05, 4.69) is 5.10 Å². The third kappa shape index (κ3) is 4.54. The van der Waals surface area contributed by atoms with Crippen molar-refractivity contribution in [3.05, 3.63) is 46.8 Å². The van der Waals surface area contributed by atoms with Crippen LogP contribution in [0.5, 0.6) is 11.5 Å². The number of hydrogen-bond acceptors (Lipinski definition) is 5.